The zero-order chi connectivity index (χ0) is 27.7. The lowest BCUT2D eigenvalue weighted by atomic mass is 9.74. The number of esters is 1. The molecule has 0 bridgehead atoms. The minimum atomic E-state index is -1.49. The number of hydrogen-bond acceptors (Lipinski definition) is 6. The van der Waals surface area contributed by atoms with Crippen LogP contribution < -0.4 is 9.46 Å². The van der Waals surface area contributed by atoms with Gasteiger partial charge in [0, 0.05) is 10.3 Å². The van der Waals surface area contributed by atoms with Gasteiger partial charge in [-0.1, -0.05) is 60.6 Å². The van der Waals surface area contributed by atoms with E-state index in [1.807, 2.05) is 54.5 Å². The Morgan fingerprint density at radius 1 is 1.11 bits per heavy atom. The van der Waals surface area contributed by atoms with Crippen molar-refractivity contribution in [3.63, 3.8) is 0 Å². The van der Waals surface area contributed by atoms with E-state index in [0.29, 0.717) is 0 Å². The molecule has 1 aromatic heterocycles. The number of methoxy groups -OCH3 is 1. The molecule has 0 aliphatic rings. The van der Waals surface area contributed by atoms with E-state index in [9.17, 15) is 14.1 Å². The second kappa shape index (κ2) is 14.3. The summed E-state index contributed by atoms with van der Waals surface area (Å²) in [6.07, 6.45) is 1.21. The Bertz CT molecular complexity index is 1010. The van der Waals surface area contributed by atoms with Gasteiger partial charge in [-0.05, 0) is 60.9 Å². The summed E-state index contributed by atoms with van der Waals surface area (Å²) in [6, 6.07) is 8.36. The predicted octanol–water partition coefficient (Wildman–Crippen LogP) is 6.07. The highest BCUT2D eigenvalue weighted by molar-refractivity contribution is 7.85. The lowest BCUT2D eigenvalue weighted by Crippen LogP contribution is -2.32. The van der Waals surface area contributed by atoms with Crippen molar-refractivity contribution < 1.29 is 23.6 Å². The Kier molecular flexibility index (Phi) is 12.8. The van der Waals surface area contributed by atoms with Gasteiger partial charge in [0.15, 0.2) is 0 Å². The number of carbonyl (C=O) groups excluding carboxylic acids is 1. The van der Waals surface area contributed by atoms with Gasteiger partial charge in [-0.2, -0.15) is 0 Å². The molecule has 2 aromatic rings. The molecule has 0 spiro atoms. The molecule has 204 valence electrons. The van der Waals surface area contributed by atoms with Crippen LogP contribution in [0.5, 0.6) is 5.75 Å². The molecule has 0 aliphatic carbocycles. The quantitative estimate of drug-likeness (QED) is 0.339. The van der Waals surface area contributed by atoms with Crippen LogP contribution in [-0.4, -0.2) is 41.7 Å². The first kappa shape index (κ1) is 32.3. The highest BCUT2D eigenvalue weighted by Gasteiger charge is 2.34. The van der Waals surface area contributed by atoms with Gasteiger partial charge in [0.05, 0.1) is 13.2 Å². The molecule has 0 radical (unpaired) electrons. The number of aryl methyl sites for hydroxylation is 2. The molecule has 2 unspecified atom stereocenters. The highest BCUT2D eigenvalue weighted by Crippen LogP contribution is 2.44. The summed E-state index contributed by atoms with van der Waals surface area (Å²) >= 11 is 1.53. The standard InChI is InChI=1S/C26H39NO5S2.C2H6/c1-9-26(10-2,22-14-18(4)24(33-22)34(30)27-15-23(29)31-8)19-11-12-20(17(3)13-19)32-16-21(28)25(5,6)7;1-2/h11-14,21,27-28H,9-10,15-16H2,1-8H3;1-2H3. The Balaban J connectivity index is 0.00000316. The monoisotopic (exact) mass is 539 g/mol. The van der Waals surface area contributed by atoms with E-state index in [2.05, 4.69) is 41.5 Å². The first-order valence-corrected chi connectivity index (χ1v) is 14.6. The van der Waals surface area contributed by atoms with Crippen LogP contribution >= 0.6 is 11.3 Å². The van der Waals surface area contributed by atoms with Crippen molar-refractivity contribution in [2.24, 2.45) is 5.41 Å². The molecule has 2 rings (SSSR count). The Morgan fingerprint density at radius 2 is 1.72 bits per heavy atom. The predicted molar refractivity (Wildman–Crippen MR) is 150 cm³/mol. The van der Waals surface area contributed by atoms with E-state index in [0.717, 1.165) is 38.8 Å². The fourth-order valence-electron chi connectivity index (χ4n) is 3.82. The van der Waals surface area contributed by atoms with Gasteiger partial charge in [-0.3, -0.25) is 4.79 Å². The Morgan fingerprint density at radius 3 is 2.22 bits per heavy atom. The van der Waals surface area contributed by atoms with Crippen LogP contribution in [0.25, 0.3) is 0 Å². The van der Waals surface area contributed by atoms with Crippen LogP contribution in [0.4, 0.5) is 0 Å². The molecular formula is C28H45NO5S2. The average molecular weight is 540 g/mol. The zero-order valence-electron chi connectivity index (χ0n) is 23.6. The number of carbonyl (C=O) groups is 1. The smallest absolute Gasteiger partial charge is 0.320 e. The number of rotatable bonds is 11. The van der Waals surface area contributed by atoms with Crippen molar-refractivity contribution in [1.29, 1.82) is 0 Å². The largest absolute Gasteiger partial charge is 0.491 e. The first-order chi connectivity index (χ1) is 16.9. The van der Waals surface area contributed by atoms with Crippen LogP contribution in [0.3, 0.4) is 0 Å². The summed E-state index contributed by atoms with van der Waals surface area (Å²) in [7, 11) is -0.181. The van der Waals surface area contributed by atoms with Gasteiger partial charge in [0.2, 0.25) is 0 Å². The molecule has 2 atom stereocenters. The topological polar surface area (TPSA) is 84.9 Å². The summed E-state index contributed by atoms with van der Waals surface area (Å²) < 4.78 is 26.8. The van der Waals surface area contributed by atoms with Crippen molar-refractivity contribution in [2.45, 2.75) is 90.9 Å². The SMILES string of the molecule is CC.CCC(CC)(c1ccc(OCC(O)C(C)(C)C)c(C)c1)c1cc(C)c(S(=O)NCC(=O)OC)s1. The van der Waals surface area contributed by atoms with E-state index in [1.165, 1.54) is 24.0 Å². The van der Waals surface area contributed by atoms with Crippen LogP contribution in [0.15, 0.2) is 28.5 Å². The van der Waals surface area contributed by atoms with Crippen LogP contribution in [-0.2, 0) is 25.9 Å². The Hall–Kier alpha value is -1.74. The molecule has 0 amide bonds. The average Bonchev–Trinajstić information content (AvgIpc) is 3.25. The summed E-state index contributed by atoms with van der Waals surface area (Å²) in [6.45, 7) is 18.4. The molecule has 1 heterocycles. The molecule has 0 fully saturated rings. The van der Waals surface area contributed by atoms with Gasteiger partial charge in [-0.25, -0.2) is 8.93 Å². The zero-order valence-corrected chi connectivity index (χ0v) is 25.2. The number of thiophene rings is 1. The number of aliphatic hydroxyl groups excluding tert-OH is 1. The summed E-state index contributed by atoms with van der Waals surface area (Å²) in [5, 5.41) is 10.3. The maximum Gasteiger partial charge on any atom is 0.320 e. The fraction of sp³-hybridized carbons (Fsp3) is 0.607. The van der Waals surface area contributed by atoms with E-state index in [4.69, 9.17) is 4.74 Å². The maximum absolute atomic E-state index is 12.8. The number of benzene rings is 1. The van der Waals surface area contributed by atoms with Crippen molar-refractivity contribution in [3.8, 4) is 5.75 Å². The molecule has 6 nitrogen and oxygen atoms in total. The summed E-state index contributed by atoms with van der Waals surface area (Å²) in [5.74, 6) is 0.316. The van der Waals surface area contributed by atoms with E-state index in [-0.39, 0.29) is 24.0 Å². The minimum Gasteiger partial charge on any atom is -0.491 e. The van der Waals surface area contributed by atoms with Gasteiger partial charge < -0.3 is 14.6 Å². The van der Waals surface area contributed by atoms with E-state index in [1.54, 1.807) is 0 Å². The molecule has 2 N–H and O–H groups in total. The van der Waals surface area contributed by atoms with Crippen LogP contribution in [0, 0.1) is 19.3 Å². The van der Waals surface area contributed by atoms with Crippen molar-refractivity contribution in [3.05, 3.63) is 45.8 Å². The van der Waals surface area contributed by atoms with E-state index >= 15 is 0 Å². The molecule has 8 heteroatoms. The number of aliphatic hydroxyl groups is 1. The minimum absolute atomic E-state index is 0.104. The molecule has 0 aliphatic heterocycles. The first-order valence-electron chi connectivity index (χ1n) is 12.6. The number of ether oxygens (including phenoxy) is 2. The second-order valence-corrected chi connectivity index (χ2v) is 12.3. The van der Waals surface area contributed by atoms with Gasteiger partial charge in [-0.15, -0.1) is 11.3 Å². The maximum atomic E-state index is 12.8. The molecule has 0 saturated carbocycles. The molecule has 1 aromatic carbocycles. The van der Waals surface area contributed by atoms with Crippen molar-refractivity contribution in [1.82, 2.24) is 4.72 Å². The third-order valence-corrected chi connectivity index (χ3v) is 9.42. The van der Waals surface area contributed by atoms with Crippen molar-refractivity contribution >= 4 is 28.3 Å². The van der Waals surface area contributed by atoms with Crippen LogP contribution in [0.2, 0.25) is 0 Å². The number of nitrogens with one attached hydrogen (secondary N) is 1. The summed E-state index contributed by atoms with van der Waals surface area (Å²) in [4.78, 5) is 12.6. The van der Waals surface area contributed by atoms with Gasteiger partial charge in [0.25, 0.3) is 0 Å². The van der Waals surface area contributed by atoms with E-state index < -0.39 is 23.1 Å². The molecular weight excluding hydrogens is 494 g/mol. The summed E-state index contributed by atoms with van der Waals surface area (Å²) in [5.41, 5.74) is 2.67. The third kappa shape index (κ3) is 7.88. The van der Waals surface area contributed by atoms with Gasteiger partial charge >= 0.3 is 5.97 Å². The molecule has 36 heavy (non-hydrogen) atoms. The number of hydrogen-bond donors (Lipinski definition) is 2. The third-order valence-electron chi connectivity index (χ3n) is 6.42. The van der Waals surface area contributed by atoms with Crippen LogP contribution in [0.1, 0.15) is 82.9 Å². The normalized spacial score (nSPS) is 13.4. The second-order valence-electron chi connectivity index (χ2n) is 9.71. The van der Waals surface area contributed by atoms with Crippen molar-refractivity contribution in [2.75, 3.05) is 20.3 Å². The molecule has 0 saturated heterocycles. The van der Waals surface area contributed by atoms with Gasteiger partial charge in [0.1, 0.15) is 34.1 Å². The lowest BCUT2D eigenvalue weighted by molar-refractivity contribution is -0.139. The Labute approximate surface area is 224 Å². The highest BCUT2D eigenvalue weighted by atomic mass is 32.2. The fourth-order valence-corrected chi connectivity index (χ4v) is 6.56. The lowest BCUT2D eigenvalue weighted by Gasteiger charge is -2.32.